The molecule has 18 heavy (non-hydrogen) atoms. The van der Waals surface area contributed by atoms with Gasteiger partial charge in [0.2, 0.25) is 5.91 Å². The first kappa shape index (κ1) is 15.0. The lowest BCUT2D eigenvalue weighted by Gasteiger charge is -2.40. The van der Waals surface area contributed by atoms with Gasteiger partial charge in [-0.05, 0) is 44.6 Å². The van der Waals surface area contributed by atoms with Crippen molar-refractivity contribution < 1.29 is 14.7 Å². The van der Waals surface area contributed by atoms with E-state index in [0.717, 1.165) is 12.8 Å². The molecule has 1 atom stereocenters. The first-order valence-electron chi connectivity index (χ1n) is 6.69. The maximum absolute atomic E-state index is 11.8. The van der Waals surface area contributed by atoms with Crippen LogP contribution in [0.25, 0.3) is 0 Å². The standard InChI is InChI=1S/C13H24N2O3/c1-10(4-2-5-12(17)18)15-11(16)8-13(9-14)6-3-7-13/h10H,2-9,14H2,1H3,(H,15,16)(H,17,18). The van der Waals surface area contributed by atoms with Crippen molar-refractivity contribution in [2.45, 2.75) is 57.9 Å². The number of carbonyl (C=O) groups is 2. The molecule has 5 nitrogen and oxygen atoms in total. The molecule has 104 valence electrons. The van der Waals surface area contributed by atoms with Crippen LogP contribution in [0.3, 0.4) is 0 Å². The van der Waals surface area contributed by atoms with Crippen LogP contribution in [0, 0.1) is 5.41 Å². The fraction of sp³-hybridized carbons (Fsp3) is 0.846. The molecule has 1 rings (SSSR count). The van der Waals surface area contributed by atoms with Gasteiger partial charge in [-0.3, -0.25) is 9.59 Å². The first-order valence-corrected chi connectivity index (χ1v) is 6.69. The van der Waals surface area contributed by atoms with Crippen LogP contribution in [-0.4, -0.2) is 29.6 Å². The minimum absolute atomic E-state index is 0.0326. The van der Waals surface area contributed by atoms with Gasteiger partial charge in [-0.2, -0.15) is 0 Å². The lowest BCUT2D eigenvalue weighted by Crippen LogP contribution is -2.43. The van der Waals surface area contributed by atoms with Crippen LogP contribution in [-0.2, 0) is 9.59 Å². The highest BCUT2D eigenvalue weighted by molar-refractivity contribution is 5.77. The third kappa shape index (κ3) is 4.64. The Labute approximate surface area is 108 Å². The molecule has 1 saturated carbocycles. The van der Waals surface area contributed by atoms with Crippen molar-refractivity contribution in [1.29, 1.82) is 0 Å². The van der Waals surface area contributed by atoms with Crippen molar-refractivity contribution >= 4 is 11.9 Å². The summed E-state index contributed by atoms with van der Waals surface area (Å²) in [6.07, 6.45) is 5.22. The van der Waals surface area contributed by atoms with Crippen molar-refractivity contribution in [2.24, 2.45) is 11.1 Å². The Morgan fingerprint density at radius 3 is 2.56 bits per heavy atom. The maximum atomic E-state index is 11.8. The number of nitrogens with two attached hydrogens (primary N) is 1. The second-order valence-corrected chi connectivity index (χ2v) is 5.49. The van der Waals surface area contributed by atoms with E-state index in [2.05, 4.69) is 5.32 Å². The van der Waals surface area contributed by atoms with E-state index in [1.807, 2.05) is 6.92 Å². The Kier molecular flexibility index (Phi) is 5.59. The van der Waals surface area contributed by atoms with Crippen molar-refractivity contribution in [1.82, 2.24) is 5.32 Å². The number of aliphatic carboxylic acids is 1. The molecule has 0 aliphatic heterocycles. The summed E-state index contributed by atoms with van der Waals surface area (Å²) >= 11 is 0. The molecule has 5 heteroatoms. The van der Waals surface area contributed by atoms with Crippen molar-refractivity contribution in [3.63, 3.8) is 0 Å². The average Bonchev–Trinajstić information content (AvgIpc) is 2.22. The molecule has 1 unspecified atom stereocenters. The summed E-state index contributed by atoms with van der Waals surface area (Å²) in [7, 11) is 0. The highest BCUT2D eigenvalue weighted by atomic mass is 16.4. The largest absolute Gasteiger partial charge is 0.481 e. The minimum Gasteiger partial charge on any atom is -0.481 e. The fourth-order valence-corrected chi connectivity index (χ4v) is 2.43. The summed E-state index contributed by atoms with van der Waals surface area (Å²) < 4.78 is 0. The summed E-state index contributed by atoms with van der Waals surface area (Å²) in [5.74, 6) is -0.743. The van der Waals surface area contributed by atoms with Crippen LogP contribution < -0.4 is 11.1 Å². The minimum atomic E-state index is -0.787. The van der Waals surface area contributed by atoms with Crippen LogP contribution in [0.2, 0.25) is 0 Å². The summed E-state index contributed by atoms with van der Waals surface area (Å²) in [6, 6.07) is 0.0340. The van der Waals surface area contributed by atoms with Crippen LogP contribution in [0.15, 0.2) is 0 Å². The first-order chi connectivity index (χ1) is 8.47. The lowest BCUT2D eigenvalue weighted by molar-refractivity contribution is -0.137. The molecule has 0 saturated heterocycles. The number of hydrogen-bond acceptors (Lipinski definition) is 3. The molecule has 1 aliphatic rings. The molecule has 0 heterocycles. The summed E-state index contributed by atoms with van der Waals surface area (Å²) in [4.78, 5) is 22.2. The Bertz CT molecular complexity index is 295. The Morgan fingerprint density at radius 2 is 2.11 bits per heavy atom. The third-order valence-corrected chi connectivity index (χ3v) is 3.82. The Morgan fingerprint density at radius 1 is 1.44 bits per heavy atom. The Hall–Kier alpha value is -1.10. The molecule has 0 aromatic carbocycles. The van der Waals surface area contributed by atoms with Gasteiger partial charge in [0.15, 0.2) is 0 Å². The van der Waals surface area contributed by atoms with E-state index in [9.17, 15) is 9.59 Å². The number of rotatable bonds is 8. The van der Waals surface area contributed by atoms with E-state index in [1.165, 1.54) is 6.42 Å². The molecule has 1 aliphatic carbocycles. The van der Waals surface area contributed by atoms with Crippen LogP contribution in [0.4, 0.5) is 0 Å². The van der Waals surface area contributed by atoms with E-state index < -0.39 is 5.97 Å². The van der Waals surface area contributed by atoms with E-state index in [0.29, 0.717) is 25.8 Å². The van der Waals surface area contributed by atoms with E-state index in [-0.39, 0.29) is 23.8 Å². The van der Waals surface area contributed by atoms with Gasteiger partial charge in [0.05, 0.1) is 0 Å². The van der Waals surface area contributed by atoms with Crippen molar-refractivity contribution in [2.75, 3.05) is 6.54 Å². The molecule has 0 spiro atoms. The topological polar surface area (TPSA) is 92.4 Å². The fourth-order valence-electron chi connectivity index (χ4n) is 2.43. The molecule has 0 bridgehead atoms. The molecule has 1 amide bonds. The quantitative estimate of drug-likeness (QED) is 0.609. The highest BCUT2D eigenvalue weighted by Gasteiger charge is 2.37. The SMILES string of the molecule is CC(CCCC(=O)O)NC(=O)CC1(CN)CCC1. The Balaban J connectivity index is 2.20. The van der Waals surface area contributed by atoms with Gasteiger partial charge in [-0.1, -0.05) is 6.42 Å². The van der Waals surface area contributed by atoms with Gasteiger partial charge in [0, 0.05) is 18.9 Å². The maximum Gasteiger partial charge on any atom is 0.303 e. The number of carbonyl (C=O) groups excluding carboxylic acids is 1. The van der Waals surface area contributed by atoms with Gasteiger partial charge in [0.25, 0.3) is 0 Å². The molecular weight excluding hydrogens is 232 g/mol. The molecule has 0 aromatic heterocycles. The van der Waals surface area contributed by atoms with Crippen molar-refractivity contribution in [3.8, 4) is 0 Å². The van der Waals surface area contributed by atoms with Gasteiger partial charge in [-0.25, -0.2) is 0 Å². The van der Waals surface area contributed by atoms with Crippen LogP contribution in [0.1, 0.15) is 51.9 Å². The van der Waals surface area contributed by atoms with Gasteiger partial charge in [-0.15, -0.1) is 0 Å². The number of nitrogens with one attached hydrogen (secondary N) is 1. The third-order valence-electron chi connectivity index (χ3n) is 3.82. The lowest BCUT2D eigenvalue weighted by atomic mass is 9.66. The normalized spacial score (nSPS) is 18.8. The predicted molar refractivity (Wildman–Crippen MR) is 69.0 cm³/mol. The highest BCUT2D eigenvalue weighted by Crippen LogP contribution is 2.42. The summed E-state index contributed by atoms with van der Waals surface area (Å²) in [5, 5.41) is 11.5. The monoisotopic (exact) mass is 256 g/mol. The zero-order valence-electron chi connectivity index (χ0n) is 11.1. The van der Waals surface area contributed by atoms with Crippen molar-refractivity contribution in [3.05, 3.63) is 0 Å². The average molecular weight is 256 g/mol. The van der Waals surface area contributed by atoms with E-state index in [4.69, 9.17) is 10.8 Å². The van der Waals surface area contributed by atoms with Crippen LogP contribution in [0.5, 0.6) is 0 Å². The van der Waals surface area contributed by atoms with E-state index >= 15 is 0 Å². The smallest absolute Gasteiger partial charge is 0.303 e. The molecule has 0 aromatic rings. The summed E-state index contributed by atoms with van der Waals surface area (Å²) in [5.41, 5.74) is 5.75. The van der Waals surface area contributed by atoms with Gasteiger partial charge < -0.3 is 16.2 Å². The van der Waals surface area contributed by atoms with Gasteiger partial charge >= 0.3 is 5.97 Å². The second-order valence-electron chi connectivity index (χ2n) is 5.49. The molecular formula is C13H24N2O3. The molecule has 4 N–H and O–H groups in total. The van der Waals surface area contributed by atoms with Crippen LogP contribution >= 0.6 is 0 Å². The molecule has 1 fully saturated rings. The number of carboxylic acid groups (broad SMARTS) is 1. The predicted octanol–water partition coefficient (Wildman–Crippen LogP) is 1.27. The number of carboxylic acids is 1. The zero-order valence-corrected chi connectivity index (χ0v) is 11.1. The van der Waals surface area contributed by atoms with E-state index in [1.54, 1.807) is 0 Å². The number of hydrogen-bond donors (Lipinski definition) is 3. The zero-order chi connectivity index (χ0) is 13.6. The second kappa shape index (κ2) is 6.73. The summed E-state index contributed by atoms with van der Waals surface area (Å²) in [6.45, 7) is 2.49. The number of amides is 1. The molecule has 0 radical (unpaired) electrons. The van der Waals surface area contributed by atoms with Gasteiger partial charge in [0.1, 0.15) is 0 Å².